The molecule has 0 bridgehead atoms. The number of ether oxygens (including phenoxy) is 2. The number of allylic oxidation sites excluding steroid dienone is 1. The van der Waals surface area contributed by atoms with Gasteiger partial charge in [-0.1, -0.05) is 23.9 Å². The zero-order chi connectivity index (χ0) is 22.8. The molecule has 0 spiro atoms. The number of carbonyl (C=O) groups is 1. The van der Waals surface area contributed by atoms with Gasteiger partial charge in [-0.3, -0.25) is 9.69 Å². The topological polar surface area (TPSA) is 65.8 Å². The molecule has 2 aromatic carbocycles. The lowest BCUT2D eigenvalue weighted by atomic mass is 9.86. The zero-order valence-electron chi connectivity index (χ0n) is 18.8. The van der Waals surface area contributed by atoms with Gasteiger partial charge in [0, 0.05) is 18.0 Å². The molecule has 7 heteroatoms. The van der Waals surface area contributed by atoms with Crippen molar-refractivity contribution in [3.63, 3.8) is 0 Å². The second-order valence-corrected chi connectivity index (χ2v) is 8.91. The van der Waals surface area contributed by atoms with Crippen molar-refractivity contribution in [1.82, 2.24) is 4.90 Å². The normalized spacial score (nSPS) is 18.3. The Morgan fingerprint density at radius 2 is 1.97 bits per heavy atom. The maximum Gasteiger partial charge on any atom is 0.229 e. The van der Waals surface area contributed by atoms with Crippen LogP contribution < -0.4 is 14.4 Å². The first-order chi connectivity index (χ1) is 15.5. The van der Waals surface area contributed by atoms with E-state index in [1.165, 1.54) is 11.1 Å². The van der Waals surface area contributed by atoms with Gasteiger partial charge in [0.15, 0.2) is 11.5 Å². The Balaban J connectivity index is 1.65. The fraction of sp³-hybridized carbons (Fsp3) is 0.360. The molecule has 1 atom stereocenters. The summed E-state index contributed by atoms with van der Waals surface area (Å²) in [7, 11) is 1.59. The van der Waals surface area contributed by atoms with Gasteiger partial charge < -0.3 is 14.4 Å². The molecule has 1 saturated heterocycles. The van der Waals surface area contributed by atoms with Crippen molar-refractivity contribution in [2.45, 2.75) is 33.1 Å². The van der Waals surface area contributed by atoms with Crippen LogP contribution in [0.2, 0.25) is 0 Å². The van der Waals surface area contributed by atoms with E-state index < -0.39 is 0 Å². The van der Waals surface area contributed by atoms with Crippen molar-refractivity contribution in [3.05, 3.63) is 63.7 Å². The number of hydrogen-bond donors (Lipinski definition) is 0. The second kappa shape index (κ2) is 9.17. The molecule has 1 amide bonds. The molecule has 6 nitrogen and oxygen atoms in total. The molecule has 0 saturated carbocycles. The molecule has 2 aliphatic heterocycles. The highest BCUT2D eigenvalue weighted by molar-refractivity contribution is 8.03. The molecule has 2 aromatic rings. The van der Waals surface area contributed by atoms with Gasteiger partial charge in [0.25, 0.3) is 0 Å². The third kappa shape index (κ3) is 4.03. The molecule has 166 valence electrons. The van der Waals surface area contributed by atoms with Crippen LogP contribution in [0.15, 0.2) is 47.0 Å². The number of carbonyl (C=O) groups excluding carboxylic acids is 1. The number of methoxy groups -OCH3 is 1. The summed E-state index contributed by atoms with van der Waals surface area (Å²) in [6.07, 6.45) is 0.255. The van der Waals surface area contributed by atoms with E-state index in [-0.39, 0.29) is 18.2 Å². The van der Waals surface area contributed by atoms with Gasteiger partial charge in [-0.05, 0) is 61.7 Å². The van der Waals surface area contributed by atoms with Crippen molar-refractivity contribution >= 4 is 23.4 Å². The van der Waals surface area contributed by atoms with Crippen LogP contribution in [-0.2, 0) is 4.79 Å². The number of fused-ring (bicyclic) bond motifs is 1. The van der Waals surface area contributed by atoms with Gasteiger partial charge in [-0.25, -0.2) is 0 Å². The third-order valence-electron chi connectivity index (χ3n) is 6.04. The van der Waals surface area contributed by atoms with Crippen LogP contribution >= 0.6 is 11.8 Å². The average Bonchev–Trinajstić information content (AvgIpc) is 2.81. The summed E-state index contributed by atoms with van der Waals surface area (Å²) in [6, 6.07) is 14.4. The Bertz CT molecular complexity index is 1120. The Labute approximate surface area is 193 Å². The van der Waals surface area contributed by atoms with Crippen molar-refractivity contribution in [2.24, 2.45) is 0 Å². The van der Waals surface area contributed by atoms with Gasteiger partial charge in [0.2, 0.25) is 5.91 Å². The van der Waals surface area contributed by atoms with E-state index >= 15 is 0 Å². The number of amides is 1. The lowest BCUT2D eigenvalue weighted by molar-refractivity contribution is -0.129. The van der Waals surface area contributed by atoms with Gasteiger partial charge in [0.05, 0.1) is 42.9 Å². The Morgan fingerprint density at radius 1 is 1.16 bits per heavy atom. The maximum absolute atomic E-state index is 13.2. The molecule has 2 heterocycles. The average molecular weight is 450 g/mol. The minimum Gasteiger partial charge on any atom is -0.493 e. The monoisotopic (exact) mass is 449 g/mol. The van der Waals surface area contributed by atoms with E-state index in [9.17, 15) is 10.1 Å². The predicted octanol–water partition coefficient (Wildman–Crippen LogP) is 4.93. The summed E-state index contributed by atoms with van der Waals surface area (Å²) in [6.45, 7) is 7.09. The van der Waals surface area contributed by atoms with E-state index in [4.69, 9.17) is 9.47 Å². The lowest BCUT2D eigenvalue weighted by Gasteiger charge is -2.42. The van der Waals surface area contributed by atoms with Crippen LogP contribution in [0.3, 0.4) is 0 Å². The Kier molecular flexibility index (Phi) is 6.33. The van der Waals surface area contributed by atoms with Gasteiger partial charge in [-0.2, -0.15) is 5.26 Å². The number of nitriles is 1. The van der Waals surface area contributed by atoms with Crippen LogP contribution in [0.5, 0.6) is 11.5 Å². The molecular formula is C25H27N3O3S. The molecule has 1 unspecified atom stereocenters. The first-order valence-electron chi connectivity index (χ1n) is 10.7. The SMILES string of the molecule is CCOc1ccc(C2CC(=O)N3CN(c4ccc(C)c(C)c4)CSC3=C2C#N)cc1OC. The Hall–Kier alpha value is -3.11. The molecule has 0 radical (unpaired) electrons. The highest BCUT2D eigenvalue weighted by Crippen LogP contribution is 2.44. The van der Waals surface area contributed by atoms with Crippen LogP contribution in [0.1, 0.15) is 36.0 Å². The van der Waals surface area contributed by atoms with Gasteiger partial charge in [0.1, 0.15) is 0 Å². The van der Waals surface area contributed by atoms with E-state index in [2.05, 4.69) is 43.0 Å². The minimum absolute atomic E-state index is 0.0258. The number of benzene rings is 2. The lowest BCUT2D eigenvalue weighted by Crippen LogP contribution is -2.47. The molecule has 4 rings (SSSR count). The summed E-state index contributed by atoms with van der Waals surface area (Å²) < 4.78 is 11.1. The first kappa shape index (κ1) is 22.1. The predicted molar refractivity (Wildman–Crippen MR) is 127 cm³/mol. The zero-order valence-corrected chi connectivity index (χ0v) is 19.7. The van der Waals surface area contributed by atoms with Crippen LogP contribution in [0, 0.1) is 25.2 Å². The number of aryl methyl sites for hydroxylation is 2. The number of anilines is 1. The largest absolute Gasteiger partial charge is 0.493 e. The third-order valence-corrected chi connectivity index (χ3v) is 7.19. The fourth-order valence-electron chi connectivity index (χ4n) is 4.11. The standard InChI is InChI=1S/C25H27N3O3S/c1-5-31-22-9-7-18(11-23(22)30-4)20-12-24(29)28-14-27(15-32-25(28)21(20)13-26)19-8-6-16(2)17(3)10-19/h6-11,20H,5,12,14-15H2,1-4H3. The first-order valence-corrected chi connectivity index (χ1v) is 11.7. The Morgan fingerprint density at radius 3 is 2.66 bits per heavy atom. The minimum atomic E-state index is -0.288. The summed E-state index contributed by atoms with van der Waals surface area (Å²) in [5.41, 5.74) is 5.08. The number of nitrogens with zero attached hydrogens (tertiary/aromatic N) is 3. The van der Waals surface area contributed by atoms with Crippen molar-refractivity contribution < 1.29 is 14.3 Å². The number of hydrogen-bond acceptors (Lipinski definition) is 6. The van der Waals surface area contributed by atoms with Crippen LogP contribution in [0.4, 0.5) is 5.69 Å². The molecule has 0 N–H and O–H groups in total. The van der Waals surface area contributed by atoms with Crippen molar-refractivity contribution in [2.75, 3.05) is 31.2 Å². The maximum atomic E-state index is 13.2. The van der Waals surface area contributed by atoms with Crippen molar-refractivity contribution in [1.29, 1.82) is 5.26 Å². The quantitative estimate of drug-likeness (QED) is 0.645. The van der Waals surface area contributed by atoms with Crippen molar-refractivity contribution in [3.8, 4) is 17.6 Å². The molecule has 0 aromatic heterocycles. The van der Waals surface area contributed by atoms with E-state index in [0.717, 1.165) is 16.3 Å². The molecule has 32 heavy (non-hydrogen) atoms. The molecule has 1 fully saturated rings. The number of rotatable bonds is 5. The van der Waals surface area contributed by atoms with Crippen LogP contribution in [0.25, 0.3) is 0 Å². The molecular weight excluding hydrogens is 422 g/mol. The van der Waals surface area contributed by atoms with Gasteiger partial charge >= 0.3 is 0 Å². The number of thioether (sulfide) groups is 1. The smallest absolute Gasteiger partial charge is 0.229 e. The molecule has 2 aliphatic rings. The highest BCUT2D eigenvalue weighted by atomic mass is 32.2. The highest BCUT2D eigenvalue weighted by Gasteiger charge is 2.38. The summed E-state index contributed by atoms with van der Waals surface area (Å²) in [5.74, 6) is 1.69. The van der Waals surface area contributed by atoms with E-state index in [1.54, 1.807) is 23.8 Å². The summed E-state index contributed by atoms with van der Waals surface area (Å²) in [5, 5.41) is 10.8. The fourth-order valence-corrected chi connectivity index (χ4v) is 5.28. The molecule has 0 aliphatic carbocycles. The second-order valence-electron chi connectivity index (χ2n) is 7.98. The summed E-state index contributed by atoms with van der Waals surface area (Å²) in [4.78, 5) is 17.1. The van der Waals surface area contributed by atoms with E-state index in [1.807, 2.05) is 25.1 Å². The van der Waals surface area contributed by atoms with Gasteiger partial charge in [-0.15, -0.1) is 0 Å². The van der Waals surface area contributed by atoms with Crippen LogP contribution in [-0.4, -0.2) is 37.1 Å². The van der Waals surface area contributed by atoms with E-state index in [0.29, 0.717) is 36.2 Å². The summed E-state index contributed by atoms with van der Waals surface area (Å²) >= 11 is 1.55.